The third-order valence-corrected chi connectivity index (χ3v) is 4.21. The van der Waals surface area contributed by atoms with Gasteiger partial charge >= 0.3 is 5.97 Å². The minimum Gasteiger partial charge on any atom is -0.421 e. The van der Waals surface area contributed by atoms with Gasteiger partial charge in [0.05, 0.1) is 11.1 Å². The molecule has 0 radical (unpaired) electrons. The van der Waals surface area contributed by atoms with Crippen LogP contribution in [-0.2, 0) is 16.1 Å². The molecule has 28 heavy (non-hydrogen) atoms. The molecule has 1 aliphatic heterocycles. The van der Waals surface area contributed by atoms with E-state index in [1.54, 1.807) is 12.1 Å². The van der Waals surface area contributed by atoms with Gasteiger partial charge in [-0.15, -0.1) is 10.2 Å². The number of hydrogen-bond acceptors (Lipinski definition) is 7. The lowest BCUT2D eigenvalue weighted by Gasteiger charge is -2.12. The van der Waals surface area contributed by atoms with Gasteiger partial charge in [0.2, 0.25) is 11.8 Å². The van der Waals surface area contributed by atoms with Crippen molar-refractivity contribution in [1.29, 1.82) is 0 Å². The van der Waals surface area contributed by atoms with Crippen molar-refractivity contribution >= 4 is 17.8 Å². The van der Waals surface area contributed by atoms with E-state index in [1.807, 2.05) is 30.3 Å². The summed E-state index contributed by atoms with van der Waals surface area (Å²) < 4.78 is 5.57. The molecule has 2 heterocycles. The number of carbonyl (C=O) groups excluding carboxylic acids is 3. The number of benzene rings is 2. The highest BCUT2D eigenvalue weighted by atomic mass is 16.7. The van der Waals surface area contributed by atoms with Crippen LogP contribution < -0.4 is 0 Å². The molecule has 1 aliphatic rings. The predicted octanol–water partition coefficient (Wildman–Crippen LogP) is 2.81. The van der Waals surface area contributed by atoms with Crippen LogP contribution in [0.3, 0.4) is 0 Å². The SMILES string of the molecule is O=C(CCCc1nnc(-c2ccccc2)o1)ON1C(=O)c2ccccc2C1=O. The van der Waals surface area contributed by atoms with Crippen molar-refractivity contribution in [3.63, 3.8) is 0 Å². The van der Waals surface area contributed by atoms with E-state index in [0.29, 0.717) is 29.7 Å². The molecule has 0 saturated heterocycles. The number of fused-ring (bicyclic) bond motifs is 1. The number of carbonyl (C=O) groups is 3. The molecule has 2 aromatic carbocycles. The minimum absolute atomic E-state index is 0.00352. The van der Waals surface area contributed by atoms with Crippen LogP contribution in [0.15, 0.2) is 59.0 Å². The van der Waals surface area contributed by atoms with Crippen LogP contribution >= 0.6 is 0 Å². The molecule has 0 unspecified atom stereocenters. The molecule has 0 N–H and O–H groups in total. The van der Waals surface area contributed by atoms with Crippen molar-refractivity contribution < 1.29 is 23.6 Å². The molecule has 3 aromatic rings. The first kappa shape index (κ1) is 17.6. The third kappa shape index (κ3) is 3.39. The van der Waals surface area contributed by atoms with E-state index < -0.39 is 17.8 Å². The molecule has 0 spiro atoms. The Morgan fingerprint density at radius 2 is 1.57 bits per heavy atom. The molecule has 8 nitrogen and oxygen atoms in total. The smallest absolute Gasteiger partial charge is 0.333 e. The van der Waals surface area contributed by atoms with Gasteiger partial charge in [0.25, 0.3) is 11.8 Å². The third-order valence-electron chi connectivity index (χ3n) is 4.21. The lowest BCUT2D eigenvalue weighted by atomic mass is 10.1. The maximum absolute atomic E-state index is 12.2. The minimum atomic E-state index is -0.683. The Balaban J connectivity index is 1.30. The van der Waals surface area contributed by atoms with E-state index in [1.165, 1.54) is 12.1 Å². The average Bonchev–Trinajstić information content (AvgIpc) is 3.28. The standard InChI is InChI=1S/C20H15N3O5/c24-17(28-23-19(25)14-9-4-5-10-15(14)20(23)26)12-6-11-16-21-22-18(27-16)13-7-2-1-3-8-13/h1-5,7-10H,6,11-12H2. The van der Waals surface area contributed by atoms with Crippen molar-refractivity contribution in [1.82, 2.24) is 15.3 Å². The fraction of sp³-hybridized carbons (Fsp3) is 0.150. The van der Waals surface area contributed by atoms with Gasteiger partial charge in [-0.05, 0) is 30.7 Å². The fourth-order valence-electron chi connectivity index (χ4n) is 2.83. The zero-order valence-corrected chi connectivity index (χ0v) is 14.7. The highest BCUT2D eigenvalue weighted by molar-refractivity contribution is 6.20. The number of aromatic nitrogens is 2. The Labute approximate surface area is 159 Å². The molecular formula is C20H15N3O5. The summed E-state index contributed by atoms with van der Waals surface area (Å²) >= 11 is 0. The molecule has 2 amide bonds. The number of aryl methyl sites for hydroxylation is 1. The summed E-state index contributed by atoms with van der Waals surface area (Å²) in [5.74, 6) is -1.16. The second-order valence-corrected chi connectivity index (χ2v) is 6.13. The molecule has 8 heteroatoms. The normalized spacial score (nSPS) is 12.9. The van der Waals surface area contributed by atoms with Crippen molar-refractivity contribution in [2.75, 3.05) is 0 Å². The van der Waals surface area contributed by atoms with E-state index in [-0.39, 0.29) is 17.5 Å². The zero-order chi connectivity index (χ0) is 19.5. The molecular weight excluding hydrogens is 362 g/mol. The van der Waals surface area contributed by atoms with E-state index in [4.69, 9.17) is 9.25 Å². The van der Waals surface area contributed by atoms with Crippen LogP contribution in [0.4, 0.5) is 0 Å². The van der Waals surface area contributed by atoms with E-state index in [2.05, 4.69) is 10.2 Å². The fourth-order valence-corrected chi connectivity index (χ4v) is 2.83. The van der Waals surface area contributed by atoms with Crippen molar-refractivity contribution in [2.45, 2.75) is 19.3 Å². The first-order chi connectivity index (χ1) is 13.6. The van der Waals surface area contributed by atoms with Crippen LogP contribution in [0.5, 0.6) is 0 Å². The lowest BCUT2D eigenvalue weighted by molar-refractivity contribution is -0.168. The van der Waals surface area contributed by atoms with Crippen LogP contribution in [0.25, 0.3) is 11.5 Å². The number of hydrogen-bond donors (Lipinski definition) is 0. The molecule has 0 fully saturated rings. The number of amides is 2. The summed E-state index contributed by atoms with van der Waals surface area (Å²) in [5, 5.41) is 8.44. The van der Waals surface area contributed by atoms with Gasteiger partial charge in [-0.1, -0.05) is 35.4 Å². The predicted molar refractivity (Wildman–Crippen MR) is 95.7 cm³/mol. The molecule has 4 rings (SSSR count). The molecule has 0 bridgehead atoms. The highest BCUT2D eigenvalue weighted by Gasteiger charge is 2.38. The summed E-state index contributed by atoms with van der Waals surface area (Å²) in [6.45, 7) is 0. The number of hydroxylamine groups is 2. The molecule has 0 atom stereocenters. The number of rotatable bonds is 6. The Morgan fingerprint density at radius 1 is 0.929 bits per heavy atom. The Bertz CT molecular complexity index is 1010. The maximum Gasteiger partial charge on any atom is 0.333 e. The summed E-state index contributed by atoms with van der Waals surface area (Å²) in [5.41, 5.74) is 1.26. The topological polar surface area (TPSA) is 103 Å². The second kappa shape index (κ2) is 7.43. The first-order valence-corrected chi connectivity index (χ1v) is 8.70. The van der Waals surface area contributed by atoms with Gasteiger partial charge in [-0.25, -0.2) is 4.79 Å². The second-order valence-electron chi connectivity index (χ2n) is 6.13. The van der Waals surface area contributed by atoms with Crippen LogP contribution in [0, 0.1) is 0 Å². The van der Waals surface area contributed by atoms with E-state index in [0.717, 1.165) is 5.56 Å². The van der Waals surface area contributed by atoms with Crippen molar-refractivity contribution in [3.8, 4) is 11.5 Å². The maximum atomic E-state index is 12.2. The van der Waals surface area contributed by atoms with Crippen molar-refractivity contribution in [3.05, 3.63) is 71.6 Å². The summed E-state index contributed by atoms with van der Waals surface area (Å²) in [6, 6.07) is 15.7. The van der Waals surface area contributed by atoms with Gasteiger partial charge in [0.1, 0.15) is 0 Å². The lowest BCUT2D eigenvalue weighted by Crippen LogP contribution is -2.32. The van der Waals surface area contributed by atoms with Gasteiger partial charge < -0.3 is 9.25 Å². The van der Waals surface area contributed by atoms with Crippen molar-refractivity contribution in [2.24, 2.45) is 0 Å². The summed E-state index contributed by atoms with van der Waals surface area (Å²) in [7, 11) is 0. The highest BCUT2D eigenvalue weighted by Crippen LogP contribution is 2.23. The summed E-state index contributed by atoms with van der Waals surface area (Å²) in [4.78, 5) is 41.3. The zero-order valence-electron chi connectivity index (χ0n) is 14.7. The van der Waals surface area contributed by atoms with Crippen LogP contribution in [-0.4, -0.2) is 33.0 Å². The molecule has 0 saturated carbocycles. The van der Waals surface area contributed by atoms with E-state index in [9.17, 15) is 14.4 Å². The summed E-state index contributed by atoms with van der Waals surface area (Å²) in [6.07, 6.45) is 0.742. The van der Waals surface area contributed by atoms with Gasteiger partial charge in [-0.3, -0.25) is 9.59 Å². The quantitative estimate of drug-likeness (QED) is 0.609. The monoisotopic (exact) mass is 377 g/mol. The average molecular weight is 377 g/mol. The molecule has 1 aromatic heterocycles. The largest absolute Gasteiger partial charge is 0.421 e. The van der Waals surface area contributed by atoms with E-state index >= 15 is 0 Å². The molecule has 140 valence electrons. The van der Waals surface area contributed by atoms with Gasteiger partial charge in [0, 0.05) is 18.4 Å². The Morgan fingerprint density at radius 3 is 2.25 bits per heavy atom. The first-order valence-electron chi connectivity index (χ1n) is 8.70. The number of nitrogens with zero attached hydrogens (tertiary/aromatic N) is 3. The Kier molecular flexibility index (Phi) is 4.67. The number of imide groups is 1. The Hall–Kier alpha value is -3.81. The van der Waals surface area contributed by atoms with Crippen LogP contribution in [0.1, 0.15) is 39.4 Å². The molecule has 0 aliphatic carbocycles. The van der Waals surface area contributed by atoms with Gasteiger partial charge in [-0.2, -0.15) is 0 Å². The van der Waals surface area contributed by atoms with Crippen LogP contribution in [0.2, 0.25) is 0 Å². The van der Waals surface area contributed by atoms with Gasteiger partial charge in [0.15, 0.2) is 0 Å².